The number of para-hydroxylation sites is 4. The molecule has 0 aromatic heterocycles. The molecule has 0 saturated heterocycles. The van der Waals surface area contributed by atoms with Crippen molar-refractivity contribution in [3.05, 3.63) is 120 Å². The standard InChI is InChI=1S/2C17H16N2O3.Cu/c2*1-12(11-16(20)19-13-7-3-2-4-8-13)18-15-10-6-5-9-14(15)17(21)22;/h2*2-10H,11H2,1H3,(H,19,20)(H,21,22);/q;;+2/p-2. The molecule has 2 N–H and O–H groups in total. The Bertz CT molecular complexity index is 1550. The predicted octanol–water partition coefficient (Wildman–Crippen LogP) is 4.34. The number of aromatic carboxylic acids is 2. The van der Waals surface area contributed by atoms with E-state index in [1.165, 1.54) is 12.1 Å². The minimum atomic E-state index is -1.29. The first-order valence-corrected chi connectivity index (χ1v) is 13.5. The molecular weight excluding hydrogens is 624 g/mol. The molecule has 2 amide bonds. The van der Waals surface area contributed by atoms with Crippen LogP contribution in [0.5, 0.6) is 0 Å². The number of carboxylic acid groups (broad SMARTS) is 2. The first kappa shape index (κ1) is 35.8. The number of hydrogen-bond donors (Lipinski definition) is 2. The van der Waals surface area contributed by atoms with E-state index in [0.717, 1.165) is 0 Å². The van der Waals surface area contributed by atoms with E-state index in [0.29, 0.717) is 22.8 Å². The predicted molar refractivity (Wildman–Crippen MR) is 166 cm³/mol. The summed E-state index contributed by atoms with van der Waals surface area (Å²) < 4.78 is 0. The first-order valence-electron chi connectivity index (χ1n) is 13.5. The Hall–Kier alpha value is -5.38. The molecule has 4 rings (SSSR count). The van der Waals surface area contributed by atoms with Crippen molar-refractivity contribution in [2.45, 2.75) is 26.7 Å². The summed E-state index contributed by atoms with van der Waals surface area (Å²) in [7, 11) is 0. The van der Waals surface area contributed by atoms with Gasteiger partial charge in [0.15, 0.2) is 0 Å². The van der Waals surface area contributed by atoms with Gasteiger partial charge in [-0.1, -0.05) is 72.8 Å². The molecule has 0 saturated carbocycles. The van der Waals surface area contributed by atoms with Gasteiger partial charge in [0.1, 0.15) is 0 Å². The Morgan fingerprint density at radius 2 is 0.844 bits per heavy atom. The normalized spacial score (nSPS) is 10.8. The zero-order valence-corrected chi connectivity index (χ0v) is 25.4. The molecule has 4 aromatic carbocycles. The van der Waals surface area contributed by atoms with Crippen molar-refractivity contribution in [2.24, 2.45) is 9.98 Å². The van der Waals surface area contributed by atoms with Crippen LogP contribution in [0.15, 0.2) is 119 Å². The van der Waals surface area contributed by atoms with Gasteiger partial charge in [-0.3, -0.25) is 19.6 Å². The van der Waals surface area contributed by atoms with Gasteiger partial charge in [-0.25, -0.2) is 0 Å². The smallest absolute Gasteiger partial charge is 0.545 e. The van der Waals surface area contributed by atoms with Crippen LogP contribution in [0, 0.1) is 0 Å². The molecule has 0 aliphatic rings. The van der Waals surface area contributed by atoms with E-state index in [2.05, 4.69) is 20.6 Å². The van der Waals surface area contributed by atoms with Gasteiger partial charge in [0.25, 0.3) is 0 Å². The van der Waals surface area contributed by atoms with Crippen molar-refractivity contribution in [1.29, 1.82) is 0 Å². The SMILES string of the molecule is CC(CC(=O)Nc1ccccc1)=Nc1ccccc1C(=O)[O-].CC(CC(=O)Nc1ccccc1)=Nc1ccccc1C(=O)[O-].[Cu+2]. The van der Waals surface area contributed by atoms with Crippen molar-refractivity contribution < 1.29 is 46.5 Å². The molecule has 0 aliphatic carbocycles. The summed E-state index contributed by atoms with van der Waals surface area (Å²) in [6, 6.07) is 30.7. The van der Waals surface area contributed by atoms with E-state index in [1.807, 2.05) is 36.4 Å². The number of nitrogens with one attached hydrogen (secondary N) is 2. The van der Waals surface area contributed by atoms with Gasteiger partial charge in [-0.2, -0.15) is 0 Å². The summed E-state index contributed by atoms with van der Waals surface area (Å²) in [5.41, 5.74) is 3.02. The van der Waals surface area contributed by atoms with Crippen LogP contribution in [0.2, 0.25) is 0 Å². The first-order chi connectivity index (χ1) is 21.1. The monoisotopic (exact) mass is 653 g/mol. The van der Waals surface area contributed by atoms with Crippen LogP contribution in [0.1, 0.15) is 47.4 Å². The van der Waals surface area contributed by atoms with Crippen LogP contribution in [0.4, 0.5) is 22.7 Å². The van der Waals surface area contributed by atoms with Crippen LogP contribution in [-0.2, 0) is 26.7 Å². The van der Waals surface area contributed by atoms with Crippen LogP contribution >= 0.6 is 0 Å². The van der Waals surface area contributed by atoms with Crippen molar-refractivity contribution in [1.82, 2.24) is 0 Å². The number of carbonyl (C=O) groups excluding carboxylic acids is 4. The van der Waals surface area contributed by atoms with Gasteiger partial charge in [0, 0.05) is 33.9 Å². The quantitative estimate of drug-likeness (QED) is 0.191. The zero-order chi connectivity index (χ0) is 31.9. The van der Waals surface area contributed by atoms with Crippen molar-refractivity contribution in [3.8, 4) is 0 Å². The third-order valence-corrected chi connectivity index (χ3v) is 5.82. The number of anilines is 2. The maximum atomic E-state index is 11.9. The number of rotatable bonds is 10. The van der Waals surface area contributed by atoms with Crippen LogP contribution < -0.4 is 20.8 Å². The molecule has 0 unspecified atom stereocenters. The number of aliphatic imine (C=N–C) groups is 2. The van der Waals surface area contributed by atoms with Crippen LogP contribution in [0.25, 0.3) is 0 Å². The molecule has 233 valence electrons. The second-order valence-corrected chi connectivity index (χ2v) is 9.49. The molecule has 0 aliphatic heterocycles. The van der Waals surface area contributed by atoms with Crippen LogP contribution in [-0.4, -0.2) is 35.2 Å². The second-order valence-electron chi connectivity index (χ2n) is 9.49. The van der Waals surface area contributed by atoms with Crippen molar-refractivity contribution in [2.75, 3.05) is 10.6 Å². The average Bonchev–Trinajstić information content (AvgIpc) is 2.98. The number of benzene rings is 4. The Labute approximate surface area is 271 Å². The van der Waals surface area contributed by atoms with Gasteiger partial charge in [0.05, 0.1) is 36.2 Å². The Morgan fingerprint density at radius 3 is 1.18 bits per heavy atom. The number of carbonyl (C=O) groups is 4. The summed E-state index contributed by atoms with van der Waals surface area (Å²) in [5, 5.41) is 27.5. The topological polar surface area (TPSA) is 163 Å². The summed E-state index contributed by atoms with van der Waals surface area (Å²) in [4.78, 5) is 54.2. The molecule has 0 fully saturated rings. The van der Waals surface area contributed by atoms with Crippen molar-refractivity contribution >= 4 is 57.9 Å². The van der Waals surface area contributed by atoms with E-state index < -0.39 is 11.9 Å². The van der Waals surface area contributed by atoms with Crippen LogP contribution in [0.3, 0.4) is 0 Å². The zero-order valence-electron chi connectivity index (χ0n) is 24.5. The summed E-state index contributed by atoms with van der Waals surface area (Å²) in [6.07, 6.45) is 0.159. The summed E-state index contributed by atoms with van der Waals surface area (Å²) >= 11 is 0. The molecule has 10 nitrogen and oxygen atoms in total. The molecule has 0 spiro atoms. The number of carboxylic acids is 2. The van der Waals surface area contributed by atoms with Gasteiger partial charge in [-0.05, 0) is 50.2 Å². The fourth-order valence-electron chi connectivity index (χ4n) is 3.90. The maximum absolute atomic E-state index is 11.9. The average molecular weight is 654 g/mol. The van der Waals surface area contributed by atoms with E-state index in [1.54, 1.807) is 74.5 Å². The third-order valence-electron chi connectivity index (χ3n) is 5.82. The Kier molecular flexibility index (Phi) is 14.6. The molecule has 0 bridgehead atoms. The van der Waals surface area contributed by atoms with Crippen molar-refractivity contribution in [3.63, 3.8) is 0 Å². The number of amides is 2. The van der Waals surface area contributed by atoms with Gasteiger partial charge < -0.3 is 30.4 Å². The van der Waals surface area contributed by atoms with Gasteiger partial charge in [0.2, 0.25) is 11.8 Å². The molecular formula is C34H30CuN4O6. The molecule has 11 heteroatoms. The van der Waals surface area contributed by atoms with E-state index >= 15 is 0 Å². The molecule has 1 radical (unpaired) electrons. The fraction of sp³-hybridized carbons (Fsp3) is 0.118. The minimum absolute atomic E-state index is 0. The largest absolute Gasteiger partial charge is 2.00 e. The Balaban J connectivity index is 0.000000307. The number of nitrogens with zero attached hydrogens (tertiary/aromatic N) is 2. The fourth-order valence-corrected chi connectivity index (χ4v) is 3.90. The van der Waals surface area contributed by atoms with Gasteiger partial charge in [-0.15, -0.1) is 0 Å². The van der Waals surface area contributed by atoms with E-state index in [-0.39, 0.29) is 64.2 Å². The van der Waals surface area contributed by atoms with Gasteiger partial charge >= 0.3 is 17.1 Å². The maximum Gasteiger partial charge on any atom is 2.00 e. The summed E-state index contributed by atoms with van der Waals surface area (Å²) in [6.45, 7) is 3.35. The second kappa shape index (κ2) is 18.3. The number of hydrogen-bond acceptors (Lipinski definition) is 8. The molecule has 45 heavy (non-hydrogen) atoms. The minimum Gasteiger partial charge on any atom is -0.545 e. The molecule has 0 atom stereocenters. The molecule has 4 aromatic rings. The molecule has 0 heterocycles. The van der Waals surface area contributed by atoms with E-state index in [4.69, 9.17) is 0 Å². The third kappa shape index (κ3) is 12.4. The Morgan fingerprint density at radius 1 is 0.533 bits per heavy atom. The van der Waals surface area contributed by atoms with E-state index in [9.17, 15) is 29.4 Å². The summed E-state index contributed by atoms with van der Waals surface area (Å²) in [5.74, 6) is -3.00.